The molecule has 1 heterocycles. The molecule has 1 aliphatic rings. The zero-order valence-electron chi connectivity index (χ0n) is 8.13. The molecule has 2 rings (SSSR count). The summed E-state index contributed by atoms with van der Waals surface area (Å²) in [4.78, 5) is 9.58. The van der Waals surface area contributed by atoms with E-state index in [1.807, 2.05) is 13.0 Å². The summed E-state index contributed by atoms with van der Waals surface area (Å²) in [5, 5.41) is 1.17. The molecule has 0 amide bonds. The Labute approximate surface area is 98.0 Å². The molecule has 0 radical (unpaired) electrons. The third kappa shape index (κ3) is 2.43. The smallest absolute Gasteiger partial charge is 0.154 e. The van der Waals surface area contributed by atoms with Gasteiger partial charge in [0.25, 0.3) is 0 Å². The number of nitrogens with one attached hydrogen (secondary N) is 1. The first-order valence-corrected chi connectivity index (χ1v) is 5.34. The predicted molar refractivity (Wildman–Crippen MR) is 61.5 cm³/mol. The maximum atomic E-state index is 6.04. The zero-order valence-corrected chi connectivity index (χ0v) is 9.64. The Morgan fingerprint density at radius 3 is 2.87 bits per heavy atom. The van der Waals surface area contributed by atoms with Crippen LogP contribution in [0.25, 0.3) is 0 Å². The van der Waals surface area contributed by atoms with Crippen molar-refractivity contribution in [2.75, 3.05) is 6.54 Å². The van der Waals surface area contributed by atoms with Crippen molar-refractivity contribution in [2.24, 2.45) is 4.99 Å². The fraction of sp³-hybridized carbons (Fsp3) is 0.300. The largest absolute Gasteiger partial charge is 0.270 e. The predicted octanol–water partition coefficient (Wildman–Crippen LogP) is 2.66. The van der Waals surface area contributed by atoms with Crippen LogP contribution in [0.4, 0.5) is 0 Å². The van der Waals surface area contributed by atoms with E-state index in [1.165, 1.54) is 0 Å². The fourth-order valence-electron chi connectivity index (χ4n) is 1.27. The summed E-state index contributed by atoms with van der Waals surface area (Å²) in [5.41, 5.74) is 3.57. The van der Waals surface area contributed by atoms with Crippen molar-refractivity contribution in [3.05, 3.63) is 33.8 Å². The van der Waals surface area contributed by atoms with Crippen LogP contribution in [0.15, 0.2) is 23.2 Å². The minimum absolute atomic E-state index is 0.0832. The van der Waals surface area contributed by atoms with E-state index in [0.29, 0.717) is 22.4 Å². The molecule has 1 aliphatic heterocycles. The van der Waals surface area contributed by atoms with Crippen molar-refractivity contribution in [2.45, 2.75) is 13.0 Å². The van der Waals surface area contributed by atoms with Crippen LogP contribution in [0.2, 0.25) is 10.0 Å². The van der Waals surface area contributed by atoms with Gasteiger partial charge in [-0.2, -0.15) is 0 Å². The third-order valence-electron chi connectivity index (χ3n) is 2.05. The number of rotatable bonds is 1. The summed E-state index contributed by atoms with van der Waals surface area (Å²) in [6, 6.07) is 5.27. The first-order chi connectivity index (χ1) is 7.16. The van der Waals surface area contributed by atoms with Gasteiger partial charge in [-0.1, -0.05) is 23.2 Å². The average molecular weight is 245 g/mol. The highest BCUT2D eigenvalue weighted by atomic mass is 35.5. The molecule has 80 valence electrons. The van der Waals surface area contributed by atoms with E-state index in [9.17, 15) is 0 Å². The van der Waals surface area contributed by atoms with Gasteiger partial charge < -0.3 is 0 Å². The Bertz CT molecular complexity index is 406. The fourth-order valence-corrected chi connectivity index (χ4v) is 1.77. The highest BCUT2D eigenvalue weighted by Crippen LogP contribution is 2.21. The van der Waals surface area contributed by atoms with Gasteiger partial charge in [0.1, 0.15) is 6.10 Å². The van der Waals surface area contributed by atoms with Crippen molar-refractivity contribution < 1.29 is 4.84 Å². The van der Waals surface area contributed by atoms with Gasteiger partial charge in [0.2, 0.25) is 0 Å². The quantitative estimate of drug-likeness (QED) is 0.825. The first kappa shape index (κ1) is 10.7. The summed E-state index contributed by atoms with van der Waals surface area (Å²) < 4.78 is 0. The standard InChI is InChI=1S/C10H10Cl2N2O/c1-6-5-13-10(14-15-6)8-3-2-7(11)4-9(8)12/h2-4,6H,5H2,1H3,(H,13,14). The van der Waals surface area contributed by atoms with Crippen LogP contribution in [-0.2, 0) is 4.84 Å². The topological polar surface area (TPSA) is 33.6 Å². The van der Waals surface area contributed by atoms with E-state index in [4.69, 9.17) is 28.0 Å². The molecule has 1 aromatic rings. The Morgan fingerprint density at radius 2 is 2.27 bits per heavy atom. The van der Waals surface area contributed by atoms with Crippen LogP contribution in [0.5, 0.6) is 0 Å². The minimum atomic E-state index is 0.0832. The molecule has 1 aromatic carbocycles. The SMILES string of the molecule is CC1CN=C(c2ccc(Cl)cc2Cl)NO1. The van der Waals surface area contributed by atoms with Crippen LogP contribution < -0.4 is 5.48 Å². The van der Waals surface area contributed by atoms with Crippen LogP contribution in [0.3, 0.4) is 0 Å². The lowest BCUT2D eigenvalue weighted by molar-refractivity contribution is 0.0184. The van der Waals surface area contributed by atoms with Gasteiger partial charge in [-0.25, -0.2) is 5.48 Å². The normalized spacial score (nSPS) is 20.7. The van der Waals surface area contributed by atoms with Crippen molar-refractivity contribution >= 4 is 29.0 Å². The Balaban J connectivity index is 2.30. The molecule has 1 N–H and O–H groups in total. The third-order valence-corrected chi connectivity index (χ3v) is 2.60. The van der Waals surface area contributed by atoms with Crippen molar-refractivity contribution in [1.29, 1.82) is 0 Å². The average Bonchev–Trinajstić information content (AvgIpc) is 2.20. The van der Waals surface area contributed by atoms with E-state index in [-0.39, 0.29) is 6.10 Å². The van der Waals surface area contributed by atoms with Crippen LogP contribution in [-0.4, -0.2) is 18.5 Å². The van der Waals surface area contributed by atoms with E-state index >= 15 is 0 Å². The highest BCUT2D eigenvalue weighted by molar-refractivity contribution is 6.36. The lowest BCUT2D eigenvalue weighted by Gasteiger charge is -2.20. The Morgan fingerprint density at radius 1 is 1.47 bits per heavy atom. The van der Waals surface area contributed by atoms with Gasteiger partial charge in [0.05, 0.1) is 11.6 Å². The highest BCUT2D eigenvalue weighted by Gasteiger charge is 2.15. The maximum absolute atomic E-state index is 6.04. The Hall–Kier alpha value is -0.770. The van der Waals surface area contributed by atoms with E-state index < -0.39 is 0 Å². The zero-order chi connectivity index (χ0) is 10.8. The lowest BCUT2D eigenvalue weighted by atomic mass is 10.2. The summed E-state index contributed by atoms with van der Waals surface area (Å²) in [6.07, 6.45) is 0.0832. The van der Waals surface area contributed by atoms with Crippen LogP contribution >= 0.6 is 23.2 Å². The lowest BCUT2D eigenvalue weighted by Crippen LogP contribution is -2.35. The molecule has 0 spiro atoms. The number of benzene rings is 1. The number of halogens is 2. The van der Waals surface area contributed by atoms with Gasteiger partial charge >= 0.3 is 0 Å². The van der Waals surface area contributed by atoms with Gasteiger partial charge in [-0.05, 0) is 25.1 Å². The summed E-state index contributed by atoms with van der Waals surface area (Å²) in [6.45, 7) is 2.57. The molecular weight excluding hydrogens is 235 g/mol. The second kappa shape index (κ2) is 4.39. The van der Waals surface area contributed by atoms with Crippen molar-refractivity contribution in [3.8, 4) is 0 Å². The molecule has 0 fully saturated rings. The molecule has 1 unspecified atom stereocenters. The molecule has 0 aliphatic carbocycles. The number of hydrogen-bond acceptors (Lipinski definition) is 3. The molecule has 0 aromatic heterocycles. The first-order valence-electron chi connectivity index (χ1n) is 4.58. The van der Waals surface area contributed by atoms with Crippen molar-refractivity contribution in [1.82, 2.24) is 5.48 Å². The summed E-state index contributed by atoms with van der Waals surface area (Å²) in [5.74, 6) is 0.648. The number of amidine groups is 1. The number of aliphatic imine (C=N–C) groups is 1. The summed E-state index contributed by atoms with van der Waals surface area (Å²) >= 11 is 11.8. The van der Waals surface area contributed by atoms with E-state index in [2.05, 4.69) is 10.5 Å². The molecule has 0 saturated heterocycles. The van der Waals surface area contributed by atoms with E-state index in [0.717, 1.165) is 5.56 Å². The minimum Gasteiger partial charge on any atom is -0.270 e. The molecule has 1 atom stereocenters. The number of hydroxylamine groups is 1. The second-order valence-corrected chi connectivity index (χ2v) is 4.19. The van der Waals surface area contributed by atoms with E-state index in [1.54, 1.807) is 12.1 Å². The summed E-state index contributed by atoms with van der Waals surface area (Å²) in [7, 11) is 0. The molecular formula is C10H10Cl2N2O. The van der Waals surface area contributed by atoms with Gasteiger partial charge in [0, 0.05) is 10.6 Å². The van der Waals surface area contributed by atoms with Crippen molar-refractivity contribution in [3.63, 3.8) is 0 Å². The molecule has 0 bridgehead atoms. The van der Waals surface area contributed by atoms with Crippen LogP contribution in [0.1, 0.15) is 12.5 Å². The van der Waals surface area contributed by atoms with Gasteiger partial charge in [-0.3, -0.25) is 9.83 Å². The Kier molecular flexibility index (Phi) is 3.14. The molecule has 0 saturated carbocycles. The number of nitrogens with zero attached hydrogens (tertiary/aromatic N) is 1. The van der Waals surface area contributed by atoms with Crippen LogP contribution in [0, 0.1) is 0 Å². The van der Waals surface area contributed by atoms with Gasteiger partial charge in [0.15, 0.2) is 5.84 Å². The van der Waals surface area contributed by atoms with Gasteiger partial charge in [-0.15, -0.1) is 0 Å². The maximum Gasteiger partial charge on any atom is 0.154 e. The molecule has 3 nitrogen and oxygen atoms in total. The molecule has 5 heteroatoms. The second-order valence-electron chi connectivity index (χ2n) is 3.34. The molecule has 15 heavy (non-hydrogen) atoms. The monoisotopic (exact) mass is 244 g/mol. The number of hydrogen-bond donors (Lipinski definition) is 1.